The molecule has 0 aromatic heterocycles. The first-order valence-corrected chi connectivity index (χ1v) is 9.11. The van der Waals surface area contributed by atoms with Gasteiger partial charge in [-0.15, -0.1) is 0 Å². The van der Waals surface area contributed by atoms with Crippen molar-refractivity contribution in [1.29, 1.82) is 0 Å². The fourth-order valence-corrected chi connectivity index (χ4v) is 6.34. The van der Waals surface area contributed by atoms with E-state index in [9.17, 15) is 14.7 Å². The maximum absolute atomic E-state index is 11.8. The lowest BCUT2D eigenvalue weighted by atomic mass is 9.52. The molecule has 0 spiro atoms. The number of allylic oxidation sites excluding steroid dienone is 2. The predicted molar refractivity (Wildman–Crippen MR) is 86.7 cm³/mol. The smallest absolute Gasteiger partial charge is 0.307 e. The summed E-state index contributed by atoms with van der Waals surface area (Å²) in [4.78, 5) is 23.5. The van der Waals surface area contributed by atoms with Crippen LogP contribution in [0.3, 0.4) is 0 Å². The summed E-state index contributed by atoms with van der Waals surface area (Å²) < 4.78 is 0. The Labute approximate surface area is 137 Å². The summed E-state index contributed by atoms with van der Waals surface area (Å²) in [6, 6.07) is 0.305. The first-order valence-electron chi connectivity index (χ1n) is 9.11. The highest BCUT2D eigenvalue weighted by molar-refractivity contribution is 5.77. The summed E-state index contributed by atoms with van der Waals surface area (Å²) in [5.74, 6) is -0.0811. The highest BCUT2D eigenvalue weighted by atomic mass is 16.4. The fourth-order valence-electron chi connectivity index (χ4n) is 6.34. The van der Waals surface area contributed by atoms with E-state index in [0.29, 0.717) is 18.4 Å². The average molecular weight is 317 g/mol. The van der Waals surface area contributed by atoms with Crippen molar-refractivity contribution in [1.82, 2.24) is 5.32 Å². The van der Waals surface area contributed by atoms with Gasteiger partial charge in [0.05, 0.1) is 5.92 Å². The van der Waals surface area contributed by atoms with Crippen molar-refractivity contribution >= 4 is 11.9 Å². The van der Waals surface area contributed by atoms with E-state index in [1.165, 1.54) is 5.57 Å². The van der Waals surface area contributed by atoms with E-state index in [1.807, 2.05) is 0 Å². The Hall–Kier alpha value is -1.32. The van der Waals surface area contributed by atoms with E-state index in [-0.39, 0.29) is 22.7 Å². The summed E-state index contributed by atoms with van der Waals surface area (Å²) in [6.45, 7) is 4.54. The topological polar surface area (TPSA) is 66.4 Å². The van der Waals surface area contributed by atoms with E-state index >= 15 is 0 Å². The van der Waals surface area contributed by atoms with Crippen molar-refractivity contribution in [2.24, 2.45) is 22.7 Å². The van der Waals surface area contributed by atoms with Crippen LogP contribution in [-0.4, -0.2) is 23.0 Å². The monoisotopic (exact) mass is 317 g/mol. The van der Waals surface area contributed by atoms with E-state index < -0.39 is 5.97 Å². The molecule has 1 heterocycles. The van der Waals surface area contributed by atoms with Crippen LogP contribution in [-0.2, 0) is 9.59 Å². The third-order valence-electron chi connectivity index (χ3n) is 7.72. The normalized spacial score (nSPS) is 45.8. The molecule has 1 aliphatic heterocycles. The second-order valence-corrected chi connectivity index (χ2v) is 8.61. The van der Waals surface area contributed by atoms with Crippen molar-refractivity contribution in [3.05, 3.63) is 11.1 Å². The SMILES string of the molecule is C[C@]12CCC3C(=C1CC[C@@H]2C(=O)O)CC[C@H]1NC(=O)CC[C@]31C. The quantitative estimate of drug-likeness (QED) is 0.729. The Bertz CT molecular complexity index is 610. The molecule has 0 aromatic rings. The van der Waals surface area contributed by atoms with Gasteiger partial charge in [0, 0.05) is 17.9 Å². The number of amides is 1. The van der Waals surface area contributed by atoms with Crippen LogP contribution in [0.5, 0.6) is 0 Å². The second-order valence-electron chi connectivity index (χ2n) is 8.61. The zero-order valence-corrected chi connectivity index (χ0v) is 14.2. The maximum Gasteiger partial charge on any atom is 0.307 e. The standard InChI is InChI=1S/C19H27NO3/c1-18-9-7-13-11(12(18)4-5-14(18)17(22)23)3-6-15-19(13,2)10-8-16(21)20-15/h13-15H,3-10H2,1-2H3,(H,20,21)(H,22,23)/t13?,14-,15-,18+,19-/m1/s1. The Morgan fingerprint density at radius 1 is 1.13 bits per heavy atom. The lowest BCUT2D eigenvalue weighted by Gasteiger charge is -2.55. The molecule has 5 atom stereocenters. The molecule has 1 amide bonds. The number of nitrogens with one attached hydrogen (secondary N) is 1. The minimum absolute atomic E-state index is 0.126. The van der Waals surface area contributed by atoms with Crippen LogP contribution >= 0.6 is 0 Å². The number of carboxylic acid groups (broad SMARTS) is 1. The van der Waals surface area contributed by atoms with Gasteiger partial charge in [0.15, 0.2) is 0 Å². The van der Waals surface area contributed by atoms with Gasteiger partial charge in [-0.25, -0.2) is 0 Å². The van der Waals surface area contributed by atoms with Crippen molar-refractivity contribution in [2.75, 3.05) is 0 Å². The first-order chi connectivity index (χ1) is 10.9. The van der Waals surface area contributed by atoms with Gasteiger partial charge >= 0.3 is 5.97 Å². The van der Waals surface area contributed by atoms with Crippen LogP contribution in [0.2, 0.25) is 0 Å². The minimum Gasteiger partial charge on any atom is -0.481 e. The highest BCUT2D eigenvalue weighted by Crippen LogP contribution is 2.62. The lowest BCUT2D eigenvalue weighted by molar-refractivity contribution is -0.145. The third kappa shape index (κ3) is 1.96. The van der Waals surface area contributed by atoms with Crippen LogP contribution in [0, 0.1) is 22.7 Å². The van der Waals surface area contributed by atoms with Gasteiger partial charge in [0.1, 0.15) is 0 Å². The molecule has 23 heavy (non-hydrogen) atoms. The molecule has 3 fully saturated rings. The molecule has 0 radical (unpaired) electrons. The van der Waals surface area contributed by atoms with Crippen molar-refractivity contribution in [3.63, 3.8) is 0 Å². The minimum atomic E-state index is -0.619. The van der Waals surface area contributed by atoms with Crippen LogP contribution in [0.4, 0.5) is 0 Å². The number of hydrogen-bond acceptors (Lipinski definition) is 2. The molecule has 0 bridgehead atoms. The summed E-state index contributed by atoms with van der Waals surface area (Å²) in [5.41, 5.74) is 3.07. The summed E-state index contributed by atoms with van der Waals surface area (Å²) >= 11 is 0. The van der Waals surface area contributed by atoms with Crippen LogP contribution in [0.1, 0.15) is 65.2 Å². The third-order valence-corrected chi connectivity index (χ3v) is 7.72. The van der Waals surface area contributed by atoms with Crippen LogP contribution < -0.4 is 5.32 Å². The molecular formula is C19H27NO3. The van der Waals surface area contributed by atoms with Gasteiger partial charge in [0.25, 0.3) is 0 Å². The molecule has 4 aliphatic rings. The number of carbonyl (C=O) groups excluding carboxylic acids is 1. The summed E-state index contributed by atoms with van der Waals surface area (Å²) in [6.07, 6.45) is 7.52. The molecule has 3 aliphatic carbocycles. The van der Waals surface area contributed by atoms with Gasteiger partial charge in [0.2, 0.25) is 5.91 Å². The lowest BCUT2D eigenvalue weighted by Crippen LogP contribution is -2.57. The Balaban J connectivity index is 1.73. The van der Waals surface area contributed by atoms with Gasteiger partial charge in [-0.1, -0.05) is 25.0 Å². The average Bonchev–Trinajstić information content (AvgIpc) is 2.85. The molecule has 1 saturated heterocycles. The molecule has 1 unspecified atom stereocenters. The molecule has 2 saturated carbocycles. The van der Waals surface area contributed by atoms with Crippen molar-refractivity contribution < 1.29 is 14.7 Å². The number of aliphatic carboxylic acids is 1. The Morgan fingerprint density at radius 2 is 1.91 bits per heavy atom. The number of rotatable bonds is 1. The second kappa shape index (κ2) is 4.84. The number of fused-ring (bicyclic) bond motifs is 4. The zero-order valence-electron chi connectivity index (χ0n) is 14.2. The number of carboxylic acids is 1. The zero-order chi connectivity index (χ0) is 16.4. The molecule has 4 rings (SSSR count). The van der Waals surface area contributed by atoms with E-state index in [2.05, 4.69) is 19.2 Å². The molecule has 4 nitrogen and oxygen atoms in total. The Morgan fingerprint density at radius 3 is 2.65 bits per heavy atom. The van der Waals surface area contributed by atoms with Crippen molar-refractivity contribution in [2.45, 2.75) is 71.3 Å². The molecule has 0 aromatic carbocycles. The number of piperidine rings is 1. The Kier molecular flexibility index (Phi) is 3.20. The van der Waals surface area contributed by atoms with E-state index in [0.717, 1.165) is 44.9 Å². The molecule has 4 heteroatoms. The molecule has 126 valence electrons. The predicted octanol–water partition coefficient (Wildman–Crippen LogP) is 3.27. The number of hydrogen-bond donors (Lipinski definition) is 2. The highest BCUT2D eigenvalue weighted by Gasteiger charge is 2.56. The first kappa shape index (κ1) is 15.2. The fraction of sp³-hybridized carbons (Fsp3) is 0.789. The largest absolute Gasteiger partial charge is 0.481 e. The van der Waals surface area contributed by atoms with Gasteiger partial charge in [-0.05, 0) is 56.3 Å². The van der Waals surface area contributed by atoms with Crippen LogP contribution in [0.25, 0.3) is 0 Å². The van der Waals surface area contributed by atoms with Crippen molar-refractivity contribution in [3.8, 4) is 0 Å². The van der Waals surface area contributed by atoms with E-state index in [1.54, 1.807) is 5.57 Å². The van der Waals surface area contributed by atoms with Gasteiger partial charge in [-0.3, -0.25) is 9.59 Å². The molecular weight excluding hydrogens is 290 g/mol. The summed E-state index contributed by atoms with van der Waals surface area (Å²) in [7, 11) is 0. The summed E-state index contributed by atoms with van der Waals surface area (Å²) in [5, 5.41) is 12.8. The van der Waals surface area contributed by atoms with Gasteiger partial charge in [-0.2, -0.15) is 0 Å². The van der Waals surface area contributed by atoms with E-state index in [4.69, 9.17) is 0 Å². The van der Waals surface area contributed by atoms with Gasteiger partial charge < -0.3 is 10.4 Å². The maximum atomic E-state index is 11.8. The van der Waals surface area contributed by atoms with Crippen LogP contribution in [0.15, 0.2) is 11.1 Å². The molecule has 2 N–H and O–H groups in total. The number of carbonyl (C=O) groups is 2.